The summed E-state index contributed by atoms with van der Waals surface area (Å²) in [4.78, 5) is 3.83. The van der Waals surface area contributed by atoms with Crippen molar-refractivity contribution < 1.29 is 20.3 Å². The summed E-state index contributed by atoms with van der Waals surface area (Å²) in [5.74, 6) is -0.571. The zero-order chi connectivity index (χ0) is 11.0. The lowest BCUT2D eigenvalue weighted by Crippen LogP contribution is -2.29. The first-order valence-corrected chi connectivity index (χ1v) is 4.26. The second kappa shape index (κ2) is 3.41. The molecule has 15 heavy (non-hydrogen) atoms. The molecule has 2 aromatic rings. The van der Waals surface area contributed by atoms with E-state index in [1.807, 2.05) is 0 Å². The standard InChI is InChI=1S/C9H8BNO4/c12-7-2-1-5-3-6(10(14)15)4-11-8(5)9(7)13/h1-4,12-15H. The van der Waals surface area contributed by atoms with E-state index in [1.165, 1.54) is 24.4 Å². The van der Waals surface area contributed by atoms with Gasteiger partial charge in [0.25, 0.3) is 0 Å². The Kier molecular flexibility index (Phi) is 2.22. The summed E-state index contributed by atoms with van der Waals surface area (Å²) in [7, 11) is -1.60. The van der Waals surface area contributed by atoms with Crippen LogP contribution in [0.1, 0.15) is 0 Å². The van der Waals surface area contributed by atoms with Crippen molar-refractivity contribution >= 4 is 23.5 Å². The van der Waals surface area contributed by atoms with Gasteiger partial charge in [-0.15, -0.1) is 0 Å². The SMILES string of the molecule is OB(O)c1cnc2c(O)c(O)ccc2c1. The van der Waals surface area contributed by atoms with Crippen molar-refractivity contribution in [2.45, 2.75) is 0 Å². The summed E-state index contributed by atoms with van der Waals surface area (Å²) >= 11 is 0. The molecule has 4 N–H and O–H groups in total. The smallest absolute Gasteiger partial charge is 0.490 e. The van der Waals surface area contributed by atoms with Crippen LogP contribution in [0, 0.1) is 0 Å². The zero-order valence-electron chi connectivity index (χ0n) is 7.62. The predicted molar refractivity (Wildman–Crippen MR) is 54.9 cm³/mol. The van der Waals surface area contributed by atoms with Crippen LogP contribution in [-0.4, -0.2) is 32.4 Å². The van der Waals surface area contributed by atoms with Gasteiger partial charge in [0, 0.05) is 17.0 Å². The molecule has 0 amide bonds. The Bertz CT molecular complexity index is 515. The molecule has 0 radical (unpaired) electrons. The maximum absolute atomic E-state index is 9.45. The Morgan fingerprint density at radius 1 is 1.13 bits per heavy atom. The number of benzene rings is 1. The number of rotatable bonds is 1. The normalized spacial score (nSPS) is 10.5. The number of aromatic nitrogens is 1. The molecule has 0 spiro atoms. The number of aromatic hydroxyl groups is 2. The second-order valence-electron chi connectivity index (χ2n) is 3.15. The fraction of sp³-hybridized carbons (Fsp3) is 0. The zero-order valence-corrected chi connectivity index (χ0v) is 7.62. The molecule has 0 saturated carbocycles. The molecule has 5 nitrogen and oxygen atoms in total. The van der Waals surface area contributed by atoms with Gasteiger partial charge in [-0.1, -0.05) is 6.07 Å². The van der Waals surface area contributed by atoms with Crippen LogP contribution < -0.4 is 5.46 Å². The van der Waals surface area contributed by atoms with Crippen molar-refractivity contribution in [1.29, 1.82) is 0 Å². The molecule has 6 heteroatoms. The number of nitrogens with zero attached hydrogens (tertiary/aromatic N) is 1. The third-order valence-electron chi connectivity index (χ3n) is 2.12. The molecular weight excluding hydrogens is 197 g/mol. The number of fused-ring (bicyclic) bond motifs is 1. The van der Waals surface area contributed by atoms with Gasteiger partial charge in [-0.25, -0.2) is 0 Å². The van der Waals surface area contributed by atoms with Crippen LogP contribution in [0.25, 0.3) is 10.9 Å². The highest BCUT2D eigenvalue weighted by molar-refractivity contribution is 6.58. The molecule has 1 aromatic heterocycles. The van der Waals surface area contributed by atoms with E-state index in [4.69, 9.17) is 10.0 Å². The van der Waals surface area contributed by atoms with Crippen molar-refractivity contribution in [3.63, 3.8) is 0 Å². The van der Waals surface area contributed by atoms with Crippen LogP contribution in [0.15, 0.2) is 24.4 Å². The van der Waals surface area contributed by atoms with Gasteiger partial charge in [0.2, 0.25) is 0 Å². The van der Waals surface area contributed by atoms with Gasteiger partial charge in [-0.05, 0) is 12.1 Å². The van der Waals surface area contributed by atoms with Crippen LogP contribution in [0.3, 0.4) is 0 Å². The van der Waals surface area contributed by atoms with Gasteiger partial charge in [-0.2, -0.15) is 0 Å². The minimum Gasteiger partial charge on any atom is -0.504 e. The van der Waals surface area contributed by atoms with Crippen LogP contribution in [0.2, 0.25) is 0 Å². The first kappa shape index (κ1) is 9.76. The highest BCUT2D eigenvalue weighted by Crippen LogP contribution is 2.31. The Morgan fingerprint density at radius 2 is 1.87 bits per heavy atom. The Hall–Kier alpha value is -1.79. The van der Waals surface area contributed by atoms with Gasteiger partial charge in [0.05, 0.1) is 0 Å². The quantitative estimate of drug-likeness (QED) is 0.365. The fourth-order valence-corrected chi connectivity index (χ4v) is 1.33. The number of phenolic OH excluding ortho intramolecular Hbond substituents is 2. The van der Waals surface area contributed by atoms with Gasteiger partial charge < -0.3 is 20.3 Å². The van der Waals surface area contributed by atoms with Gasteiger partial charge in [-0.3, -0.25) is 4.98 Å². The average molecular weight is 205 g/mol. The summed E-state index contributed by atoms with van der Waals surface area (Å²) in [6.07, 6.45) is 1.23. The summed E-state index contributed by atoms with van der Waals surface area (Å²) in [6, 6.07) is 4.32. The topological polar surface area (TPSA) is 93.8 Å². The summed E-state index contributed by atoms with van der Waals surface area (Å²) < 4.78 is 0. The Morgan fingerprint density at radius 3 is 2.53 bits per heavy atom. The minimum atomic E-state index is -1.60. The van der Waals surface area contributed by atoms with Crippen molar-refractivity contribution in [3.8, 4) is 11.5 Å². The minimum absolute atomic E-state index is 0.222. The van der Waals surface area contributed by atoms with Crippen LogP contribution in [0.5, 0.6) is 11.5 Å². The molecular formula is C9H8BNO4. The third kappa shape index (κ3) is 1.60. The predicted octanol–water partition coefficient (Wildman–Crippen LogP) is -0.674. The molecule has 1 aromatic carbocycles. The lowest BCUT2D eigenvalue weighted by molar-refractivity contribution is 0.407. The monoisotopic (exact) mass is 205 g/mol. The van der Waals surface area contributed by atoms with Crippen molar-refractivity contribution in [2.24, 2.45) is 0 Å². The highest BCUT2D eigenvalue weighted by Gasteiger charge is 2.13. The van der Waals surface area contributed by atoms with E-state index in [2.05, 4.69) is 4.98 Å². The average Bonchev–Trinajstić information content (AvgIpc) is 2.23. The molecule has 76 valence electrons. The highest BCUT2D eigenvalue weighted by atomic mass is 16.4. The molecule has 0 bridgehead atoms. The van der Waals surface area contributed by atoms with E-state index in [0.717, 1.165) is 0 Å². The number of phenols is 2. The van der Waals surface area contributed by atoms with E-state index < -0.39 is 7.12 Å². The fourth-order valence-electron chi connectivity index (χ4n) is 1.33. The Balaban J connectivity index is 2.70. The second-order valence-corrected chi connectivity index (χ2v) is 3.15. The molecule has 0 unspecified atom stereocenters. The molecule has 0 fully saturated rings. The summed E-state index contributed by atoms with van der Waals surface area (Å²) in [5.41, 5.74) is 0.451. The maximum Gasteiger partial charge on any atom is 0.490 e. The number of hydrogen-bond donors (Lipinski definition) is 4. The number of pyridine rings is 1. The van der Waals surface area contributed by atoms with Crippen molar-refractivity contribution in [3.05, 3.63) is 24.4 Å². The van der Waals surface area contributed by atoms with Crippen molar-refractivity contribution in [2.75, 3.05) is 0 Å². The van der Waals surface area contributed by atoms with Gasteiger partial charge in [0.1, 0.15) is 5.52 Å². The summed E-state index contributed by atoms with van der Waals surface area (Å²) in [6.45, 7) is 0. The van der Waals surface area contributed by atoms with Crippen molar-refractivity contribution in [1.82, 2.24) is 4.98 Å². The Labute approximate surface area is 85.4 Å². The molecule has 0 aliphatic heterocycles. The van der Waals surface area contributed by atoms with E-state index in [-0.39, 0.29) is 22.5 Å². The van der Waals surface area contributed by atoms with E-state index >= 15 is 0 Å². The molecule has 1 heterocycles. The van der Waals surface area contributed by atoms with Crippen LogP contribution >= 0.6 is 0 Å². The summed E-state index contributed by atoms with van der Waals surface area (Å²) in [5, 5.41) is 37.0. The molecule has 0 aliphatic carbocycles. The first-order chi connectivity index (χ1) is 7.09. The van der Waals surface area contributed by atoms with E-state index in [9.17, 15) is 10.2 Å². The van der Waals surface area contributed by atoms with Gasteiger partial charge >= 0.3 is 7.12 Å². The van der Waals surface area contributed by atoms with Crippen LogP contribution in [0.4, 0.5) is 0 Å². The third-order valence-corrected chi connectivity index (χ3v) is 2.12. The van der Waals surface area contributed by atoms with Gasteiger partial charge in [0.15, 0.2) is 11.5 Å². The molecule has 0 saturated heterocycles. The lowest BCUT2D eigenvalue weighted by Gasteiger charge is -2.04. The number of hydrogen-bond acceptors (Lipinski definition) is 5. The largest absolute Gasteiger partial charge is 0.504 e. The maximum atomic E-state index is 9.45. The first-order valence-electron chi connectivity index (χ1n) is 4.26. The molecule has 0 aliphatic rings. The molecule has 0 atom stereocenters. The molecule has 2 rings (SSSR count). The van der Waals surface area contributed by atoms with E-state index in [1.54, 1.807) is 0 Å². The van der Waals surface area contributed by atoms with E-state index in [0.29, 0.717) is 5.39 Å². The van der Waals surface area contributed by atoms with Crippen LogP contribution in [-0.2, 0) is 0 Å². The lowest BCUT2D eigenvalue weighted by atomic mass is 9.81.